The minimum Gasteiger partial charge on any atom is -0.507 e. The van der Waals surface area contributed by atoms with Gasteiger partial charge in [0.25, 0.3) is 0 Å². The van der Waals surface area contributed by atoms with E-state index in [9.17, 15) is 64.5 Å². The van der Waals surface area contributed by atoms with Crippen LogP contribution in [0.2, 0.25) is 0 Å². The maximum atomic E-state index is 12.1. The third-order valence-electron chi connectivity index (χ3n) is 9.97. The molecule has 0 fully saturated rings. The molecule has 0 aliphatic carbocycles. The van der Waals surface area contributed by atoms with Gasteiger partial charge in [-0.25, -0.2) is 28.8 Å². The van der Waals surface area contributed by atoms with Gasteiger partial charge in [0.1, 0.15) is 101 Å². The van der Waals surface area contributed by atoms with E-state index in [0.29, 0.717) is 5.56 Å². The highest BCUT2D eigenvalue weighted by Crippen LogP contribution is 2.21. The van der Waals surface area contributed by atoms with Gasteiger partial charge >= 0.3 is 35.8 Å². The van der Waals surface area contributed by atoms with Gasteiger partial charge in [0.15, 0.2) is 6.10 Å². The quantitative estimate of drug-likeness (QED) is 0.0386. The van der Waals surface area contributed by atoms with E-state index < -0.39 is 99.9 Å². The predicted molar refractivity (Wildman–Crippen MR) is 272 cm³/mol. The average Bonchev–Trinajstić information content (AvgIpc) is 3.44. The summed E-state index contributed by atoms with van der Waals surface area (Å²) in [5, 5.41) is 101. The van der Waals surface area contributed by atoms with Gasteiger partial charge in [-0.15, -0.1) is 0 Å². The van der Waals surface area contributed by atoms with Gasteiger partial charge in [-0.3, -0.25) is 0 Å². The Morgan fingerprint density at radius 3 is 0.897 bits per heavy atom. The first-order chi connectivity index (χ1) is 37.3. The summed E-state index contributed by atoms with van der Waals surface area (Å²) in [4.78, 5) is 70.2. The fourth-order valence-electron chi connectivity index (χ4n) is 5.82. The Balaban J connectivity index is 0.000000280. The molecule has 0 radical (unpaired) electrons. The molecule has 0 aromatic heterocycles. The number of benzene rings is 6. The van der Waals surface area contributed by atoms with Crippen molar-refractivity contribution in [2.24, 2.45) is 0 Å². The Bertz CT molecular complexity index is 2800. The van der Waals surface area contributed by atoms with Gasteiger partial charge in [0, 0.05) is 0 Å². The van der Waals surface area contributed by atoms with Crippen molar-refractivity contribution in [3.8, 4) is 28.7 Å². The van der Waals surface area contributed by atoms with Crippen molar-refractivity contribution in [1.29, 1.82) is 0 Å². The second-order valence-corrected chi connectivity index (χ2v) is 15.9. The molecule has 78 heavy (non-hydrogen) atoms. The standard InChI is InChI=1S/C18H18O6.C17H16O7.2C10H12O5/c1-12-6-2-3-7-14(12)18(22)24-13(10-19)11-23-17(21)15-8-4-5-9-16(15)20;18-11(9-23-16(21)12-5-1-3-7-14(12)19)10-24-17(22)13-6-2-4-8-15(13)20;11-5-7(12)6-15-10(14)8-3-1-2-4-9(8)13;11-5-7(6-12)15-10(14)8-3-1-2-4-9(8)13/h2-9,13,19-20H,10-11H2,1H3;1-8,11,18-20H,9-10H2;2*1-4,7,11-13H,5-6H2. The monoisotopic (exact) mass is 1090 g/mol. The van der Waals surface area contributed by atoms with Crippen molar-refractivity contribution in [2.75, 3.05) is 52.9 Å². The minimum absolute atomic E-state index is 0.000537. The first-order valence-electron chi connectivity index (χ1n) is 23.2. The highest BCUT2D eigenvalue weighted by Gasteiger charge is 2.22. The summed E-state index contributed by atoms with van der Waals surface area (Å²) in [7, 11) is 0. The Morgan fingerprint density at radius 1 is 0.333 bits per heavy atom. The minimum atomic E-state index is -1.24. The topological polar surface area (TPSA) is 380 Å². The fraction of sp³-hybridized carbons (Fsp3) is 0.236. The van der Waals surface area contributed by atoms with E-state index in [2.05, 4.69) is 4.74 Å². The van der Waals surface area contributed by atoms with Gasteiger partial charge in [0.05, 0.1) is 32.0 Å². The normalized spacial score (nSPS) is 11.1. The predicted octanol–water partition coefficient (Wildman–Crippen LogP) is 3.35. The summed E-state index contributed by atoms with van der Waals surface area (Å²) in [5.41, 5.74) is 1.09. The summed E-state index contributed by atoms with van der Waals surface area (Å²) in [6.45, 7) is -1.58. The number of phenols is 5. The SMILES string of the molecule is Cc1ccccc1C(=O)OC(CO)COC(=O)c1ccccc1O.O=C(OC(CO)CO)c1ccccc1O.O=C(OCC(O)CO)c1ccccc1O.O=C(OCC(O)COC(=O)c1ccccc1O)c1ccccc1O. The average molecular weight is 1090 g/mol. The van der Waals surface area contributed by atoms with E-state index in [1.165, 1.54) is 60.7 Å². The van der Waals surface area contributed by atoms with Crippen LogP contribution in [0.4, 0.5) is 0 Å². The lowest BCUT2D eigenvalue weighted by atomic mass is 10.1. The molecular weight excluding hydrogens is 1030 g/mol. The summed E-state index contributed by atoms with van der Waals surface area (Å²) >= 11 is 0. The number of aryl methyl sites for hydroxylation is 1. The van der Waals surface area contributed by atoms with Crippen LogP contribution < -0.4 is 0 Å². The Labute approximate surface area is 445 Å². The molecule has 23 heteroatoms. The first-order valence-corrected chi connectivity index (χ1v) is 23.2. The summed E-state index contributed by atoms with van der Waals surface area (Å²) < 4.78 is 29.2. The van der Waals surface area contributed by atoms with Crippen LogP contribution in [0.15, 0.2) is 146 Å². The van der Waals surface area contributed by atoms with Gasteiger partial charge in [-0.05, 0) is 79.2 Å². The molecule has 0 bridgehead atoms. The molecule has 6 rings (SSSR count). The number of para-hydroxylation sites is 5. The molecule has 0 spiro atoms. The molecule has 0 saturated carbocycles. The van der Waals surface area contributed by atoms with Crippen LogP contribution in [0, 0.1) is 6.92 Å². The Kier molecular flexibility index (Phi) is 27.3. The summed E-state index contributed by atoms with van der Waals surface area (Å²) in [6.07, 6.45) is -4.29. The number of phenolic OH excluding ortho intramolecular Hbond substituents is 5. The van der Waals surface area contributed by atoms with E-state index in [4.69, 9.17) is 44.1 Å². The molecule has 6 aromatic rings. The zero-order valence-electron chi connectivity index (χ0n) is 41.6. The zero-order valence-corrected chi connectivity index (χ0v) is 41.6. The van der Waals surface area contributed by atoms with Crippen molar-refractivity contribution in [1.82, 2.24) is 0 Å². The lowest BCUT2D eigenvalue weighted by molar-refractivity contribution is -0.0171. The Hall–Kier alpha value is -9.10. The molecule has 416 valence electrons. The van der Waals surface area contributed by atoms with E-state index in [0.717, 1.165) is 5.56 Å². The smallest absolute Gasteiger partial charge is 0.342 e. The molecular formula is C55H58O23. The molecule has 0 aliphatic rings. The van der Waals surface area contributed by atoms with Crippen LogP contribution in [-0.2, 0) is 28.4 Å². The van der Waals surface area contributed by atoms with Crippen LogP contribution in [-0.4, -0.2) is 169 Å². The molecule has 0 saturated heterocycles. The van der Waals surface area contributed by atoms with E-state index in [1.54, 1.807) is 91.9 Å². The molecule has 0 aliphatic heterocycles. The van der Waals surface area contributed by atoms with Gasteiger partial charge in [0.2, 0.25) is 0 Å². The van der Waals surface area contributed by atoms with Gasteiger partial charge in [-0.2, -0.15) is 0 Å². The number of hydrogen-bond donors (Lipinski definition) is 11. The third-order valence-corrected chi connectivity index (χ3v) is 9.97. The first kappa shape index (κ1) is 63.2. The Morgan fingerprint density at radius 2 is 0.590 bits per heavy atom. The number of carbonyl (C=O) groups excluding carboxylic acids is 6. The maximum absolute atomic E-state index is 12.1. The van der Waals surface area contributed by atoms with E-state index in [-0.39, 0.29) is 69.8 Å². The van der Waals surface area contributed by atoms with Gasteiger partial charge < -0.3 is 84.6 Å². The number of aliphatic hydroxyl groups is 6. The van der Waals surface area contributed by atoms with Crippen molar-refractivity contribution < 1.29 is 113 Å². The third kappa shape index (κ3) is 21.3. The summed E-state index contributed by atoms with van der Waals surface area (Å²) in [5.74, 6) is -5.55. The van der Waals surface area contributed by atoms with E-state index >= 15 is 0 Å². The van der Waals surface area contributed by atoms with Crippen molar-refractivity contribution in [3.63, 3.8) is 0 Å². The van der Waals surface area contributed by atoms with Crippen LogP contribution in [0.25, 0.3) is 0 Å². The molecule has 6 aromatic carbocycles. The zero-order chi connectivity index (χ0) is 57.6. The second kappa shape index (κ2) is 33.7. The van der Waals surface area contributed by atoms with Crippen LogP contribution in [0.1, 0.15) is 67.7 Å². The highest BCUT2D eigenvalue weighted by molar-refractivity contribution is 5.95. The molecule has 2 unspecified atom stereocenters. The fourth-order valence-corrected chi connectivity index (χ4v) is 5.82. The number of rotatable bonds is 20. The number of aliphatic hydroxyl groups excluding tert-OH is 6. The largest absolute Gasteiger partial charge is 0.507 e. The van der Waals surface area contributed by atoms with E-state index in [1.807, 2.05) is 0 Å². The molecule has 11 N–H and O–H groups in total. The maximum Gasteiger partial charge on any atom is 0.342 e. The molecule has 0 heterocycles. The van der Waals surface area contributed by atoms with Crippen LogP contribution >= 0.6 is 0 Å². The lowest BCUT2D eigenvalue weighted by Gasteiger charge is -2.16. The van der Waals surface area contributed by atoms with Crippen LogP contribution in [0.3, 0.4) is 0 Å². The van der Waals surface area contributed by atoms with Crippen molar-refractivity contribution >= 4 is 35.8 Å². The number of ether oxygens (including phenoxy) is 6. The van der Waals surface area contributed by atoms with Gasteiger partial charge in [-0.1, -0.05) is 78.9 Å². The summed E-state index contributed by atoms with van der Waals surface area (Å²) in [6, 6.07) is 36.3. The van der Waals surface area contributed by atoms with Crippen LogP contribution in [0.5, 0.6) is 28.7 Å². The molecule has 23 nitrogen and oxygen atoms in total. The highest BCUT2D eigenvalue weighted by atomic mass is 16.6. The second-order valence-electron chi connectivity index (χ2n) is 15.9. The number of aromatic hydroxyl groups is 5. The number of hydrogen-bond acceptors (Lipinski definition) is 23. The number of esters is 6. The molecule has 0 amide bonds. The van der Waals surface area contributed by atoms with Crippen molar-refractivity contribution in [3.05, 3.63) is 185 Å². The molecule has 2 atom stereocenters. The number of carbonyl (C=O) groups is 6. The lowest BCUT2D eigenvalue weighted by Crippen LogP contribution is -2.28. The van der Waals surface area contributed by atoms with Crippen molar-refractivity contribution in [2.45, 2.75) is 31.3 Å².